The van der Waals surface area contributed by atoms with E-state index in [9.17, 15) is 14.4 Å². The van der Waals surface area contributed by atoms with E-state index in [-0.39, 0.29) is 12.5 Å². The van der Waals surface area contributed by atoms with Gasteiger partial charge in [-0.1, -0.05) is 0 Å². The van der Waals surface area contributed by atoms with Gasteiger partial charge in [0.25, 0.3) is 11.8 Å². The molecule has 1 aromatic heterocycles. The molecule has 0 spiro atoms. The van der Waals surface area contributed by atoms with Crippen molar-refractivity contribution in [1.82, 2.24) is 15.8 Å². The van der Waals surface area contributed by atoms with E-state index in [1.54, 1.807) is 19.1 Å². The zero-order valence-corrected chi connectivity index (χ0v) is 15.3. The Labute approximate surface area is 154 Å². The van der Waals surface area contributed by atoms with Crippen molar-refractivity contribution in [2.24, 2.45) is 0 Å². The van der Waals surface area contributed by atoms with Gasteiger partial charge < -0.3 is 4.74 Å². The lowest BCUT2D eigenvalue weighted by Crippen LogP contribution is -2.51. The van der Waals surface area contributed by atoms with Crippen molar-refractivity contribution in [3.8, 4) is 17.0 Å². The van der Waals surface area contributed by atoms with E-state index < -0.39 is 17.9 Å². The van der Waals surface area contributed by atoms with Gasteiger partial charge in [0, 0.05) is 17.9 Å². The van der Waals surface area contributed by atoms with Gasteiger partial charge in [-0.25, -0.2) is 4.98 Å². The minimum atomic E-state index is -0.705. The highest BCUT2D eigenvalue weighted by Gasteiger charge is 2.33. The summed E-state index contributed by atoms with van der Waals surface area (Å²) in [5, 5.41) is 2.86. The number of nitrogens with one attached hydrogen (secondary N) is 2. The molecule has 3 rings (SSSR count). The lowest BCUT2D eigenvalue weighted by atomic mass is 10.1. The summed E-state index contributed by atoms with van der Waals surface area (Å²) in [5.74, 6) is -0.729. The van der Waals surface area contributed by atoms with E-state index in [0.29, 0.717) is 11.4 Å². The van der Waals surface area contributed by atoms with Gasteiger partial charge in [-0.3, -0.25) is 30.1 Å². The molecule has 1 aliphatic heterocycles. The van der Waals surface area contributed by atoms with Crippen LogP contribution in [-0.4, -0.2) is 35.4 Å². The molecule has 1 aromatic carbocycles. The van der Waals surface area contributed by atoms with E-state index in [4.69, 9.17) is 4.74 Å². The van der Waals surface area contributed by atoms with Gasteiger partial charge in [0.2, 0.25) is 5.91 Å². The second-order valence-corrected chi connectivity index (χ2v) is 6.91. The molecule has 2 heterocycles. The number of hydrogen-bond acceptors (Lipinski definition) is 6. The molecule has 0 saturated carbocycles. The summed E-state index contributed by atoms with van der Waals surface area (Å²) in [6.45, 7) is 4.58. The molecule has 2 aromatic rings. The van der Waals surface area contributed by atoms with Crippen LogP contribution in [-0.2, 0) is 14.4 Å². The number of thiazole rings is 1. The molecule has 0 fully saturated rings. The highest BCUT2D eigenvalue weighted by Crippen LogP contribution is 2.37. The number of hydrazine groups is 1. The third kappa shape index (κ3) is 3.67. The van der Waals surface area contributed by atoms with Crippen molar-refractivity contribution >= 4 is 34.7 Å². The van der Waals surface area contributed by atoms with Gasteiger partial charge in [-0.05, 0) is 32.0 Å². The summed E-state index contributed by atoms with van der Waals surface area (Å²) in [5.41, 5.74) is 6.59. The van der Waals surface area contributed by atoms with Crippen LogP contribution in [0.2, 0.25) is 0 Å². The van der Waals surface area contributed by atoms with Crippen molar-refractivity contribution in [3.05, 3.63) is 28.6 Å². The number of aromatic nitrogens is 1. The maximum absolute atomic E-state index is 12.5. The molecule has 2 N–H and O–H groups in total. The number of nitrogens with zero attached hydrogens (tertiary/aromatic N) is 2. The molecule has 136 valence electrons. The zero-order chi connectivity index (χ0) is 18.8. The number of benzene rings is 1. The standard InChI is InChI=1S/C17H18N4O4S/c1-9-17(24)21(7-16(23)20-19-10(2)22)14-6-12(4-5-15(14)25-9)13-8-26-11(3)18-13/h4-6,8-9H,7H2,1-3H3,(H,19,22)(H,20,23). The van der Waals surface area contributed by atoms with Crippen LogP contribution in [0.1, 0.15) is 18.9 Å². The number of amides is 3. The van der Waals surface area contributed by atoms with Gasteiger partial charge in [0.05, 0.1) is 16.4 Å². The normalized spacial score (nSPS) is 15.9. The number of carbonyl (C=O) groups is 3. The fraction of sp³-hybridized carbons (Fsp3) is 0.294. The van der Waals surface area contributed by atoms with Crippen molar-refractivity contribution in [1.29, 1.82) is 0 Å². The maximum atomic E-state index is 12.5. The average Bonchev–Trinajstić information content (AvgIpc) is 3.03. The second kappa shape index (κ2) is 7.12. The first-order valence-electron chi connectivity index (χ1n) is 7.95. The zero-order valence-electron chi connectivity index (χ0n) is 14.5. The summed E-state index contributed by atoms with van der Waals surface area (Å²) >= 11 is 1.53. The van der Waals surface area contributed by atoms with Crippen molar-refractivity contribution in [3.63, 3.8) is 0 Å². The Morgan fingerprint density at radius 1 is 1.35 bits per heavy atom. The minimum absolute atomic E-state index is 0.237. The summed E-state index contributed by atoms with van der Waals surface area (Å²) in [6, 6.07) is 5.41. The summed E-state index contributed by atoms with van der Waals surface area (Å²) < 4.78 is 5.64. The Bertz CT molecular complexity index is 879. The Kier molecular flexibility index (Phi) is 4.90. The van der Waals surface area contributed by atoms with E-state index in [2.05, 4.69) is 15.8 Å². The molecule has 1 atom stereocenters. The highest BCUT2D eigenvalue weighted by molar-refractivity contribution is 7.09. The number of anilines is 1. The van der Waals surface area contributed by atoms with Crippen LogP contribution < -0.4 is 20.5 Å². The monoisotopic (exact) mass is 374 g/mol. The Morgan fingerprint density at radius 2 is 2.12 bits per heavy atom. The average molecular weight is 374 g/mol. The first-order chi connectivity index (χ1) is 12.3. The smallest absolute Gasteiger partial charge is 0.268 e. The van der Waals surface area contributed by atoms with Gasteiger partial charge in [0.15, 0.2) is 6.10 Å². The lowest BCUT2D eigenvalue weighted by Gasteiger charge is -2.32. The fourth-order valence-corrected chi connectivity index (χ4v) is 3.19. The molecule has 3 amide bonds. The van der Waals surface area contributed by atoms with Gasteiger partial charge in [0.1, 0.15) is 12.3 Å². The van der Waals surface area contributed by atoms with E-state index >= 15 is 0 Å². The van der Waals surface area contributed by atoms with E-state index in [0.717, 1.165) is 16.3 Å². The Hall–Kier alpha value is -2.94. The number of ether oxygens (including phenoxy) is 1. The Balaban J connectivity index is 1.91. The fourth-order valence-electron chi connectivity index (χ4n) is 2.57. The van der Waals surface area contributed by atoms with E-state index in [1.807, 2.05) is 18.4 Å². The molecule has 0 aliphatic carbocycles. The predicted molar refractivity (Wildman–Crippen MR) is 96.7 cm³/mol. The maximum Gasteiger partial charge on any atom is 0.268 e. The van der Waals surface area contributed by atoms with Gasteiger partial charge in [-0.2, -0.15) is 0 Å². The SMILES string of the molecule is CC(=O)NNC(=O)CN1C(=O)C(C)Oc2ccc(-c3csc(C)n3)cc21. The van der Waals surface area contributed by atoms with Crippen LogP contribution in [0.4, 0.5) is 5.69 Å². The lowest BCUT2D eigenvalue weighted by molar-refractivity contribution is -0.129. The van der Waals surface area contributed by atoms with Crippen molar-refractivity contribution in [2.45, 2.75) is 26.9 Å². The van der Waals surface area contributed by atoms with Gasteiger partial charge in [-0.15, -0.1) is 11.3 Å². The Morgan fingerprint density at radius 3 is 2.77 bits per heavy atom. The van der Waals surface area contributed by atoms with Crippen LogP contribution in [0, 0.1) is 6.92 Å². The topological polar surface area (TPSA) is 101 Å². The highest BCUT2D eigenvalue weighted by atomic mass is 32.1. The first kappa shape index (κ1) is 17.9. The number of carbonyl (C=O) groups excluding carboxylic acids is 3. The van der Waals surface area contributed by atoms with Crippen molar-refractivity contribution in [2.75, 3.05) is 11.4 Å². The molecular weight excluding hydrogens is 356 g/mol. The predicted octanol–water partition coefficient (Wildman–Crippen LogP) is 1.40. The number of aryl methyl sites for hydroxylation is 1. The molecule has 8 nitrogen and oxygen atoms in total. The minimum Gasteiger partial charge on any atom is -0.479 e. The largest absolute Gasteiger partial charge is 0.479 e. The summed E-state index contributed by atoms with van der Waals surface area (Å²) in [6.07, 6.45) is -0.705. The van der Waals surface area contributed by atoms with Crippen molar-refractivity contribution < 1.29 is 19.1 Å². The van der Waals surface area contributed by atoms with Crippen LogP contribution in [0.25, 0.3) is 11.3 Å². The first-order valence-corrected chi connectivity index (χ1v) is 8.83. The second-order valence-electron chi connectivity index (χ2n) is 5.85. The van der Waals surface area contributed by atoms with Gasteiger partial charge >= 0.3 is 0 Å². The number of rotatable bonds is 3. The molecule has 9 heteroatoms. The summed E-state index contributed by atoms with van der Waals surface area (Å²) in [7, 11) is 0. The van der Waals surface area contributed by atoms with Crippen LogP contribution in [0.15, 0.2) is 23.6 Å². The van der Waals surface area contributed by atoms with Crippen LogP contribution in [0.5, 0.6) is 5.75 Å². The number of hydrogen-bond donors (Lipinski definition) is 2. The van der Waals surface area contributed by atoms with Crippen LogP contribution in [0.3, 0.4) is 0 Å². The molecule has 1 unspecified atom stereocenters. The van der Waals surface area contributed by atoms with Crippen LogP contribution >= 0.6 is 11.3 Å². The quantitative estimate of drug-likeness (QED) is 0.791. The molecule has 0 saturated heterocycles. The molecule has 26 heavy (non-hydrogen) atoms. The third-order valence-corrected chi connectivity index (χ3v) is 4.54. The molecular formula is C17H18N4O4S. The third-order valence-electron chi connectivity index (χ3n) is 3.76. The molecule has 1 aliphatic rings. The summed E-state index contributed by atoms with van der Waals surface area (Å²) in [4.78, 5) is 41.3. The molecule has 0 bridgehead atoms. The molecule has 0 radical (unpaired) electrons. The van der Waals surface area contributed by atoms with E-state index in [1.165, 1.54) is 23.2 Å². The number of fused-ring (bicyclic) bond motifs is 1.